The molecule has 0 saturated carbocycles. The minimum absolute atomic E-state index is 0.235. The first-order valence-corrected chi connectivity index (χ1v) is 7.36. The highest BCUT2D eigenvalue weighted by molar-refractivity contribution is 9.10. The van der Waals surface area contributed by atoms with E-state index in [-0.39, 0.29) is 5.56 Å². The van der Waals surface area contributed by atoms with Crippen molar-refractivity contribution >= 4 is 62.2 Å². The minimum Gasteiger partial charge on any atom is -0.465 e. The molecule has 0 aliphatic carbocycles. The van der Waals surface area contributed by atoms with Gasteiger partial charge in [-0.15, -0.1) is 0 Å². The number of carbonyl (C=O) groups is 1. The van der Waals surface area contributed by atoms with Gasteiger partial charge in [-0.2, -0.15) is 0 Å². The van der Waals surface area contributed by atoms with Crippen LogP contribution in [-0.2, 0) is 4.74 Å². The fourth-order valence-corrected chi connectivity index (χ4v) is 2.55. The summed E-state index contributed by atoms with van der Waals surface area (Å²) in [7, 11) is 1.29. The predicted octanol–water partition coefficient (Wildman–Crippen LogP) is 4.87. The van der Waals surface area contributed by atoms with E-state index in [1.807, 2.05) is 0 Å². The number of hydrogen-bond donors (Lipinski definition) is 2. The van der Waals surface area contributed by atoms with Crippen LogP contribution in [0.3, 0.4) is 0 Å². The lowest BCUT2D eigenvalue weighted by molar-refractivity contribution is 0.0602. The molecule has 7 heteroatoms. The van der Waals surface area contributed by atoms with Crippen LogP contribution in [0.2, 0.25) is 10.0 Å². The van der Waals surface area contributed by atoms with E-state index in [0.717, 1.165) is 4.47 Å². The van der Waals surface area contributed by atoms with E-state index in [4.69, 9.17) is 33.7 Å². The molecule has 2 aromatic carbocycles. The van der Waals surface area contributed by atoms with Crippen LogP contribution in [0.5, 0.6) is 0 Å². The van der Waals surface area contributed by atoms with Crippen LogP contribution in [0.1, 0.15) is 10.4 Å². The van der Waals surface area contributed by atoms with E-state index in [9.17, 15) is 4.79 Å². The highest BCUT2D eigenvalue weighted by Gasteiger charge is 2.17. The number of nitrogens with one attached hydrogen (secondary N) is 1. The molecule has 2 aromatic rings. The zero-order valence-electron chi connectivity index (χ0n) is 10.9. The average Bonchev–Trinajstić information content (AvgIpc) is 2.44. The summed E-state index contributed by atoms with van der Waals surface area (Å²) in [5, 5.41) is 3.83. The average molecular weight is 390 g/mol. The number of nitrogen functional groups attached to an aromatic ring is 1. The number of esters is 1. The Morgan fingerprint density at radius 2 is 1.95 bits per heavy atom. The second-order valence-corrected chi connectivity index (χ2v) is 5.90. The maximum Gasteiger partial charge on any atom is 0.340 e. The molecule has 4 nitrogen and oxygen atoms in total. The SMILES string of the molecule is COC(=O)c1cc(N)cc(Cl)c1Nc1cc(Br)ccc1Cl. The van der Waals surface area contributed by atoms with Crippen LogP contribution in [0.15, 0.2) is 34.8 Å². The van der Waals surface area contributed by atoms with Gasteiger partial charge in [-0.1, -0.05) is 39.1 Å². The Labute approximate surface area is 140 Å². The van der Waals surface area contributed by atoms with Crippen LogP contribution >= 0.6 is 39.1 Å². The van der Waals surface area contributed by atoms with Crippen LogP contribution in [0, 0.1) is 0 Å². The Kier molecular flexibility index (Phi) is 4.98. The Balaban J connectivity index is 2.53. The predicted molar refractivity (Wildman–Crippen MR) is 89.6 cm³/mol. The largest absolute Gasteiger partial charge is 0.465 e. The number of halogens is 3. The lowest BCUT2D eigenvalue weighted by Gasteiger charge is -2.15. The first-order chi connectivity index (χ1) is 9.92. The maximum absolute atomic E-state index is 11.9. The fraction of sp³-hybridized carbons (Fsp3) is 0.0714. The fourth-order valence-electron chi connectivity index (χ4n) is 1.75. The lowest BCUT2D eigenvalue weighted by atomic mass is 10.1. The molecule has 0 unspecified atom stereocenters. The second-order valence-electron chi connectivity index (χ2n) is 4.17. The number of hydrogen-bond acceptors (Lipinski definition) is 4. The number of carbonyl (C=O) groups excluding carboxylic acids is 1. The van der Waals surface area contributed by atoms with Gasteiger partial charge in [0.05, 0.1) is 34.1 Å². The summed E-state index contributed by atoms with van der Waals surface area (Å²) in [4.78, 5) is 11.9. The van der Waals surface area contributed by atoms with Crippen molar-refractivity contribution in [1.82, 2.24) is 0 Å². The first kappa shape index (κ1) is 15.9. The zero-order chi connectivity index (χ0) is 15.6. The molecule has 0 bridgehead atoms. The standard InChI is InChI=1S/C14H11BrCl2N2O2/c1-21-14(20)9-5-8(18)6-11(17)13(9)19-12-4-7(15)2-3-10(12)16/h2-6,19H,18H2,1H3. The Morgan fingerprint density at radius 3 is 2.62 bits per heavy atom. The number of nitrogens with two attached hydrogens (primary N) is 1. The molecule has 0 saturated heterocycles. The van der Waals surface area contributed by atoms with Crippen LogP contribution in [0.25, 0.3) is 0 Å². The summed E-state index contributed by atoms with van der Waals surface area (Å²) in [6, 6.07) is 8.33. The topological polar surface area (TPSA) is 64.3 Å². The van der Waals surface area contributed by atoms with Crippen molar-refractivity contribution in [3.63, 3.8) is 0 Å². The molecule has 0 aliphatic heterocycles. The Morgan fingerprint density at radius 1 is 1.24 bits per heavy atom. The van der Waals surface area contributed by atoms with Crippen LogP contribution < -0.4 is 11.1 Å². The molecular weight excluding hydrogens is 379 g/mol. The van der Waals surface area contributed by atoms with Crippen molar-refractivity contribution in [2.45, 2.75) is 0 Å². The minimum atomic E-state index is -0.544. The number of benzene rings is 2. The van der Waals surface area contributed by atoms with Gasteiger partial charge >= 0.3 is 5.97 Å². The van der Waals surface area contributed by atoms with Gasteiger partial charge in [-0.3, -0.25) is 0 Å². The summed E-state index contributed by atoms with van der Waals surface area (Å²) in [6.07, 6.45) is 0. The molecule has 0 spiro atoms. The summed E-state index contributed by atoms with van der Waals surface area (Å²) in [5.41, 5.74) is 7.30. The third-order valence-corrected chi connectivity index (χ3v) is 3.83. The van der Waals surface area contributed by atoms with Crippen molar-refractivity contribution < 1.29 is 9.53 Å². The molecule has 0 radical (unpaired) electrons. The summed E-state index contributed by atoms with van der Waals surface area (Å²) in [6.45, 7) is 0. The van der Waals surface area contributed by atoms with E-state index in [0.29, 0.717) is 27.1 Å². The smallest absolute Gasteiger partial charge is 0.340 e. The zero-order valence-corrected chi connectivity index (χ0v) is 14.0. The third-order valence-electron chi connectivity index (χ3n) is 2.71. The van der Waals surface area contributed by atoms with E-state index in [2.05, 4.69) is 21.2 Å². The number of methoxy groups -OCH3 is 1. The quantitative estimate of drug-likeness (QED) is 0.580. The van der Waals surface area contributed by atoms with E-state index in [1.165, 1.54) is 13.2 Å². The number of rotatable bonds is 3. The van der Waals surface area contributed by atoms with Crippen molar-refractivity contribution in [2.24, 2.45) is 0 Å². The van der Waals surface area contributed by atoms with Gasteiger partial charge in [0.25, 0.3) is 0 Å². The molecule has 0 atom stereocenters. The molecule has 3 N–H and O–H groups in total. The summed E-state index contributed by atoms with van der Waals surface area (Å²) in [5.74, 6) is -0.544. The molecule has 0 aromatic heterocycles. The first-order valence-electron chi connectivity index (χ1n) is 5.81. The molecule has 0 aliphatic rings. The lowest BCUT2D eigenvalue weighted by Crippen LogP contribution is -2.07. The molecule has 21 heavy (non-hydrogen) atoms. The third kappa shape index (κ3) is 3.61. The molecule has 0 fully saturated rings. The normalized spacial score (nSPS) is 10.3. The van der Waals surface area contributed by atoms with Crippen molar-refractivity contribution in [1.29, 1.82) is 0 Å². The molecular formula is C14H11BrCl2N2O2. The molecule has 2 rings (SSSR count). The molecule has 0 amide bonds. The highest BCUT2D eigenvalue weighted by atomic mass is 79.9. The second kappa shape index (κ2) is 6.56. The van der Waals surface area contributed by atoms with Gasteiger partial charge in [-0.25, -0.2) is 4.79 Å². The van der Waals surface area contributed by atoms with Gasteiger partial charge in [-0.05, 0) is 30.3 Å². The van der Waals surface area contributed by atoms with Crippen molar-refractivity contribution in [3.05, 3.63) is 50.4 Å². The van der Waals surface area contributed by atoms with Gasteiger partial charge in [0.15, 0.2) is 0 Å². The van der Waals surface area contributed by atoms with Crippen LogP contribution in [0.4, 0.5) is 17.1 Å². The molecule has 0 heterocycles. The number of ether oxygens (including phenoxy) is 1. The van der Waals surface area contributed by atoms with E-state index < -0.39 is 5.97 Å². The van der Waals surface area contributed by atoms with Gasteiger partial charge in [0.2, 0.25) is 0 Å². The highest BCUT2D eigenvalue weighted by Crippen LogP contribution is 2.35. The van der Waals surface area contributed by atoms with Crippen LogP contribution in [-0.4, -0.2) is 13.1 Å². The monoisotopic (exact) mass is 388 g/mol. The Bertz CT molecular complexity index is 708. The van der Waals surface area contributed by atoms with E-state index in [1.54, 1.807) is 24.3 Å². The van der Waals surface area contributed by atoms with E-state index >= 15 is 0 Å². The maximum atomic E-state index is 11.9. The molecule has 110 valence electrons. The van der Waals surface area contributed by atoms with Gasteiger partial charge in [0.1, 0.15) is 0 Å². The van der Waals surface area contributed by atoms with Crippen molar-refractivity contribution in [2.75, 3.05) is 18.2 Å². The van der Waals surface area contributed by atoms with Gasteiger partial charge in [0, 0.05) is 10.2 Å². The summed E-state index contributed by atoms with van der Waals surface area (Å²) >= 11 is 15.7. The number of anilines is 3. The Hall–Kier alpha value is -1.43. The summed E-state index contributed by atoms with van der Waals surface area (Å²) < 4.78 is 5.58. The van der Waals surface area contributed by atoms with Gasteiger partial charge < -0.3 is 15.8 Å². The van der Waals surface area contributed by atoms with Crippen molar-refractivity contribution in [3.8, 4) is 0 Å².